The van der Waals surface area contributed by atoms with Gasteiger partial charge < -0.3 is 49.9 Å². The molecule has 1 aliphatic carbocycles. The fourth-order valence-electron chi connectivity index (χ4n) is 8.33. The zero-order valence-corrected chi connectivity index (χ0v) is 45.1. The van der Waals surface area contributed by atoms with Gasteiger partial charge in [-0.1, -0.05) is 60.9 Å². The van der Waals surface area contributed by atoms with Crippen molar-refractivity contribution in [2.75, 3.05) is 92.2 Å². The van der Waals surface area contributed by atoms with Gasteiger partial charge in [-0.25, -0.2) is 0 Å². The molecular formula is C54H79Br2NO6S2. The molecule has 0 amide bonds. The number of nitrogens with zero attached hydrogens (tertiary/aromatic N) is 1. The third kappa shape index (κ3) is 20.2. The predicted molar refractivity (Wildman–Crippen MR) is 276 cm³/mol. The quantitative estimate of drug-likeness (QED) is 0.0198. The molecule has 0 fully saturated rings. The normalized spacial score (nSPS) is 12.9. The van der Waals surface area contributed by atoms with Gasteiger partial charge >= 0.3 is 0 Å². The largest absolute Gasteiger partial charge is 1.00 e. The van der Waals surface area contributed by atoms with E-state index in [0.29, 0.717) is 46.4 Å². The van der Waals surface area contributed by atoms with Crippen molar-refractivity contribution in [3.05, 3.63) is 81.5 Å². The molecule has 4 aromatic rings. The lowest BCUT2D eigenvalue weighted by Crippen LogP contribution is -3.00. The summed E-state index contributed by atoms with van der Waals surface area (Å²) in [7, 11) is 4.49. The zero-order valence-electron chi connectivity index (χ0n) is 40.3. The number of alkyl halides is 1. The van der Waals surface area contributed by atoms with Crippen LogP contribution in [-0.4, -0.2) is 96.6 Å². The van der Waals surface area contributed by atoms with Crippen LogP contribution >= 0.6 is 38.6 Å². The van der Waals surface area contributed by atoms with E-state index in [2.05, 4.69) is 105 Å². The molecule has 2 aromatic heterocycles. The van der Waals surface area contributed by atoms with Gasteiger partial charge in [-0.15, -0.1) is 22.7 Å². The topological polar surface area (TPSA) is 55.4 Å². The Morgan fingerprint density at radius 1 is 0.523 bits per heavy atom. The fraction of sp³-hybridized carbons (Fsp3) is 0.593. The highest BCUT2D eigenvalue weighted by Gasteiger charge is 2.24. The molecular weight excluding hydrogens is 983 g/mol. The number of quaternary nitrogens is 1. The van der Waals surface area contributed by atoms with Crippen LogP contribution in [0.1, 0.15) is 124 Å². The van der Waals surface area contributed by atoms with Gasteiger partial charge in [0, 0.05) is 31.4 Å². The molecule has 0 saturated heterocycles. The molecule has 65 heavy (non-hydrogen) atoms. The van der Waals surface area contributed by atoms with Crippen molar-refractivity contribution in [3.63, 3.8) is 0 Å². The third-order valence-electron chi connectivity index (χ3n) is 12.0. The molecule has 0 aliphatic heterocycles. The Kier molecular flexibility index (Phi) is 27.2. The van der Waals surface area contributed by atoms with Crippen molar-refractivity contribution >= 4 is 49.7 Å². The van der Waals surface area contributed by atoms with Crippen molar-refractivity contribution in [3.8, 4) is 32.4 Å². The van der Waals surface area contributed by atoms with E-state index in [1.54, 1.807) is 0 Å². The van der Waals surface area contributed by atoms with E-state index in [1.807, 2.05) is 29.6 Å². The summed E-state index contributed by atoms with van der Waals surface area (Å²) in [5.74, 6) is 1.93. The Balaban J connectivity index is 0.00000925. The Morgan fingerprint density at radius 2 is 0.938 bits per heavy atom. The van der Waals surface area contributed by atoms with E-state index in [4.69, 9.17) is 28.4 Å². The minimum Gasteiger partial charge on any atom is -1.00 e. The highest BCUT2D eigenvalue weighted by molar-refractivity contribution is 9.09. The van der Waals surface area contributed by atoms with Crippen molar-refractivity contribution < 1.29 is 49.9 Å². The number of hydrogen-bond donors (Lipinski definition) is 0. The van der Waals surface area contributed by atoms with Crippen LogP contribution in [0.25, 0.3) is 32.0 Å². The van der Waals surface area contributed by atoms with Crippen LogP contribution in [0.3, 0.4) is 0 Å². The fourth-order valence-corrected chi connectivity index (χ4v) is 10.8. The summed E-state index contributed by atoms with van der Waals surface area (Å²) in [4.78, 5) is 5.49. The standard InChI is InChI=1S/C54H79BrNO6S2.BrH/c1-6-57-34-35-58-36-37-59-38-39-60-42-56(4,5)31-16-12-8-10-14-18-33-62-48-28-24-46(25-29-48)54-41-52(44(3)64-54)50-21-19-20-49(50)51-40-53(63-43(51)2)45-22-26-47(27-23-45)61-32-17-13-9-7-11-15-30-55;/h22-29,40-41H,6-21,30-39,42H2,1-5H3;1H/q+1;/p-1. The Hall–Kier alpha value is -2.06. The smallest absolute Gasteiger partial charge is 0.182 e. The molecule has 5 rings (SSSR count). The first-order valence-corrected chi connectivity index (χ1v) is 27.1. The Bertz CT molecular complexity index is 1910. The number of allylic oxidation sites excluding steroid dienone is 2. The minimum atomic E-state index is 0. The van der Waals surface area contributed by atoms with Gasteiger partial charge in [0.2, 0.25) is 0 Å². The van der Waals surface area contributed by atoms with Gasteiger partial charge in [-0.3, -0.25) is 0 Å². The summed E-state index contributed by atoms with van der Waals surface area (Å²) in [6.45, 7) is 14.4. The maximum atomic E-state index is 6.18. The van der Waals surface area contributed by atoms with Crippen LogP contribution in [-0.2, 0) is 18.9 Å². The lowest BCUT2D eigenvalue weighted by molar-refractivity contribution is -0.909. The maximum absolute atomic E-state index is 6.18. The number of rotatable bonds is 35. The van der Waals surface area contributed by atoms with E-state index in [1.165, 1.54) is 124 Å². The van der Waals surface area contributed by atoms with E-state index >= 15 is 0 Å². The van der Waals surface area contributed by atoms with Crippen molar-refractivity contribution in [2.24, 2.45) is 0 Å². The predicted octanol–water partition coefficient (Wildman–Crippen LogP) is 11.8. The Labute approximate surface area is 420 Å². The summed E-state index contributed by atoms with van der Waals surface area (Å²) < 4.78 is 35.4. The first-order chi connectivity index (χ1) is 31.3. The summed E-state index contributed by atoms with van der Waals surface area (Å²) >= 11 is 7.36. The summed E-state index contributed by atoms with van der Waals surface area (Å²) in [6.07, 6.45) is 18.4. The molecule has 2 aromatic carbocycles. The number of thiophene rings is 2. The third-order valence-corrected chi connectivity index (χ3v) is 14.7. The van der Waals surface area contributed by atoms with Gasteiger partial charge in [0.1, 0.15) is 11.5 Å². The molecule has 7 nitrogen and oxygen atoms in total. The van der Waals surface area contributed by atoms with E-state index in [0.717, 1.165) is 73.4 Å². The van der Waals surface area contributed by atoms with Crippen molar-refractivity contribution in [2.45, 2.75) is 117 Å². The molecule has 11 heteroatoms. The minimum absolute atomic E-state index is 0. The molecule has 1 aliphatic rings. The van der Waals surface area contributed by atoms with E-state index in [-0.39, 0.29) is 17.0 Å². The highest BCUT2D eigenvalue weighted by Crippen LogP contribution is 2.47. The molecule has 0 spiro atoms. The number of benzene rings is 2. The van der Waals surface area contributed by atoms with Gasteiger partial charge in [0.25, 0.3) is 0 Å². The molecule has 0 atom stereocenters. The lowest BCUT2D eigenvalue weighted by Gasteiger charge is -2.29. The zero-order chi connectivity index (χ0) is 45.2. The van der Waals surface area contributed by atoms with Crippen LogP contribution in [0.2, 0.25) is 0 Å². The number of ether oxygens (including phenoxy) is 6. The van der Waals surface area contributed by atoms with Crippen LogP contribution in [0.15, 0.2) is 60.7 Å². The van der Waals surface area contributed by atoms with Crippen LogP contribution < -0.4 is 26.5 Å². The number of hydrogen-bond acceptors (Lipinski definition) is 8. The van der Waals surface area contributed by atoms with Gasteiger partial charge in [-0.05, 0) is 166 Å². The van der Waals surface area contributed by atoms with Gasteiger partial charge in [0.15, 0.2) is 6.73 Å². The Morgan fingerprint density at radius 3 is 1.40 bits per heavy atom. The summed E-state index contributed by atoms with van der Waals surface area (Å²) in [5.41, 5.74) is 8.48. The molecule has 362 valence electrons. The van der Waals surface area contributed by atoms with Crippen LogP contribution in [0.5, 0.6) is 11.5 Å². The van der Waals surface area contributed by atoms with Crippen LogP contribution in [0, 0.1) is 13.8 Å². The van der Waals surface area contributed by atoms with Crippen LogP contribution in [0.4, 0.5) is 0 Å². The van der Waals surface area contributed by atoms with E-state index in [9.17, 15) is 0 Å². The number of halogens is 2. The molecule has 0 unspecified atom stereocenters. The second-order valence-corrected chi connectivity index (χ2v) is 21.1. The number of aryl methyl sites for hydroxylation is 2. The van der Waals surface area contributed by atoms with Gasteiger partial charge in [0.05, 0.1) is 73.5 Å². The SMILES string of the molecule is CCOCCOCCOCCOC[N+](C)(C)CCCCCCCCOc1ccc(-c2cc(C3=C(c4cc(-c5ccc(OCCCCCCCCBr)cc5)sc4C)CCC3)c(C)s2)cc1.[Br-]. The summed E-state index contributed by atoms with van der Waals surface area (Å²) in [5, 5.41) is 1.12. The number of unbranched alkanes of at least 4 members (excludes halogenated alkanes) is 10. The van der Waals surface area contributed by atoms with Crippen molar-refractivity contribution in [1.82, 2.24) is 0 Å². The average Bonchev–Trinajstić information content (AvgIpc) is 4.04. The van der Waals surface area contributed by atoms with Crippen molar-refractivity contribution in [1.29, 1.82) is 0 Å². The molecule has 0 N–H and O–H groups in total. The molecule has 2 heterocycles. The summed E-state index contributed by atoms with van der Waals surface area (Å²) in [6, 6.07) is 22.4. The molecule has 0 saturated carbocycles. The van der Waals surface area contributed by atoms with E-state index < -0.39 is 0 Å². The second kappa shape index (κ2) is 31.9. The monoisotopic (exact) mass is 1060 g/mol. The molecule has 0 bridgehead atoms. The van der Waals surface area contributed by atoms with Gasteiger partial charge in [-0.2, -0.15) is 0 Å². The lowest BCUT2D eigenvalue weighted by atomic mass is 9.96. The second-order valence-electron chi connectivity index (χ2n) is 17.8. The highest BCUT2D eigenvalue weighted by atomic mass is 79.9. The average molecular weight is 1060 g/mol. The first kappa shape index (κ1) is 55.5. The molecule has 0 radical (unpaired) electrons. The maximum Gasteiger partial charge on any atom is 0.182 e. The first-order valence-electron chi connectivity index (χ1n) is 24.4.